The standard InChI is InChI=1S/C26H25ClN4O2S/c1-18-6-3-4-7-20(18)16-34-26-29-28-25(31(26)22-9-5-8-21(27)13-22)15-30(2)14-19-10-11-23-24(12-19)33-17-32-23/h3-13H,14-17H2,1-2H3. The molecular weight excluding hydrogens is 468 g/mol. The molecule has 0 amide bonds. The van der Waals surface area contributed by atoms with Gasteiger partial charge >= 0.3 is 0 Å². The molecule has 3 aromatic carbocycles. The molecule has 0 saturated carbocycles. The van der Waals surface area contributed by atoms with Gasteiger partial charge in [-0.2, -0.15) is 0 Å². The number of halogens is 1. The lowest BCUT2D eigenvalue weighted by Crippen LogP contribution is -2.20. The highest BCUT2D eigenvalue weighted by Gasteiger charge is 2.18. The Hall–Kier alpha value is -3.00. The van der Waals surface area contributed by atoms with Crippen molar-refractivity contribution in [2.24, 2.45) is 0 Å². The molecule has 4 aromatic rings. The van der Waals surface area contributed by atoms with Crippen LogP contribution < -0.4 is 9.47 Å². The lowest BCUT2D eigenvalue weighted by Gasteiger charge is -2.18. The SMILES string of the molecule is Cc1ccccc1CSc1nnc(CN(C)Cc2ccc3c(c2)OCO3)n1-c1cccc(Cl)c1. The van der Waals surface area contributed by atoms with E-state index in [4.69, 9.17) is 21.1 Å². The van der Waals surface area contributed by atoms with Crippen LogP contribution in [0, 0.1) is 6.92 Å². The van der Waals surface area contributed by atoms with E-state index in [1.165, 1.54) is 11.1 Å². The first-order chi connectivity index (χ1) is 16.6. The minimum Gasteiger partial charge on any atom is -0.454 e. The quantitative estimate of drug-likeness (QED) is 0.286. The third-order valence-corrected chi connectivity index (χ3v) is 6.90. The molecule has 174 valence electrons. The molecule has 0 radical (unpaired) electrons. The van der Waals surface area contributed by atoms with Gasteiger partial charge < -0.3 is 9.47 Å². The van der Waals surface area contributed by atoms with E-state index in [1.54, 1.807) is 11.8 Å². The van der Waals surface area contributed by atoms with Crippen LogP contribution >= 0.6 is 23.4 Å². The largest absolute Gasteiger partial charge is 0.454 e. The Bertz CT molecular complexity index is 1310. The minimum atomic E-state index is 0.278. The van der Waals surface area contributed by atoms with Gasteiger partial charge in [-0.1, -0.05) is 59.8 Å². The van der Waals surface area contributed by atoms with E-state index >= 15 is 0 Å². The van der Waals surface area contributed by atoms with E-state index in [2.05, 4.69) is 64.0 Å². The van der Waals surface area contributed by atoms with Gasteiger partial charge in [0.1, 0.15) is 0 Å². The first kappa shape index (κ1) is 22.8. The van der Waals surface area contributed by atoms with Crippen LogP contribution in [0.25, 0.3) is 5.69 Å². The van der Waals surface area contributed by atoms with Gasteiger partial charge in [0.25, 0.3) is 0 Å². The van der Waals surface area contributed by atoms with E-state index in [0.717, 1.165) is 46.0 Å². The van der Waals surface area contributed by atoms with Crippen molar-refractivity contribution in [3.8, 4) is 17.2 Å². The Morgan fingerprint density at radius 2 is 1.82 bits per heavy atom. The molecule has 0 saturated heterocycles. The third-order valence-electron chi connectivity index (χ3n) is 5.69. The highest BCUT2D eigenvalue weighted by atomic mass is 35.5. The van der Waals surface area contributed by atoms with Crippen molar-refractivity contribution in [2.75, 3.05) is 13.8 Å². The van der Waals surface area contributed by atoms with Crippen LogP contribution in [-0.2, 0) is 18.8 Å². The van der Waals surface area contributed by atoms with E-state index in [0.29, 0.717) is 11.6 Å². The zero-order valence-corrected chi connectivity index (χ0v) is 20.6. The van der Waals surface area contributed by atoms with Crippen LogP contribution in [0.15, 0.2) is 71.9 Å². The van der Waals surface area contributed by atoms with Crippen molar-refractivity contribution in [3.63, 3.8) is 0 Å². The van der Waals surface area contributed by atoms with Crippen LogP contribution in [0.2, 0.25) is 5.02 Å². The van der Waals surface area contributed by atoms with Crippen LogP contribution in [-0.4, -0.2) is 33.5 Å². The molecule has 1 aromatic heterocycles. The summed E-state index contributed by atoms with van der Waals surface area (Å²) in [5, 5.41) is 10.6. The zero-order chi connectivity index (χ0) is 23.5. The first-order valence-corrected chi connectivity index (χ1v) is 12.4. The lowest BCUT2D eigenvalue weighted by atomic mass is 10.1. The maximum atomic E-state index is 6.33. The first-order valence-electron chi connectivity index (χ1n) is 11.0. The van der Waals surface area contributed by atoms with Gasteiger partial charge in [0.15, 0.2) is 22.5 Å². The summed E-state index contributed by atoms with van der Waals surface area (Å²) < 4.78 is 13.0. The van der Waals surface area contributed by atoms with Gasteiger partial charge in [-0.3, -0.25) is 9.47 Å². The van der Waals surface area contributed by atoms with Crippen LogP contribution in [0.5, 0.6) is 11.5 Å². The molecule has 0 fully saturated rings. The average Bonchev–Trinajstić information content (AvgIpc) is 3.45. The number of rotatable bonds is 8. The van der Waals surface area contributed by atoms with E-state index in [9.17, 15) is 0 Å². The van der Waals surface area contributed by atoms with Crippen LogP contribution in [0.1, 0.15) is 22.5 Å². The molecule has 1 aliphatic heterocycles. The number of aromatic nitrogens is 3. The van der Waals surface area contributed by atoms with Crippen molar-refractivity contribution < 1.29 is 9.47 Å². The summed E-state index contributed by atoms with van der Waals surface area (Å²) in [7, 11) is 2.07. The summed E-state index contributed by atoms with van der Waals surface area (Å²) >= 11 is 8.00. The normalized spacial score (nSPS) is 12.5. The second-order valence-electron chi connectivity index (χ2n) is 8.29. The van der Waals surface area contributed by atoms with Crippen molar-refractivity contribution in [3.05, 3.63) is 94.3 Å². The molecule has 0 N–H and O–H groups in total. The summed E-state index contributed by atoms with van der Waals surface area (Å²) in [4.78, 5) is 2.21. The van der Waals surface area contributed by atoms with Crippen molar-refractivity contribution >= 4 is 23.4 Å². The third kappa shape index (κ3) is 5.06. The summed E-state index contributed by atoms with van der Waals surface area (Å²) in [6, 6.07) is 22.3. The van der Waals surface area contributed by atoms with E-state index in [-0.39, 0.29) is 6.79 Å². The molecule has 5 rings (SSSR count). The molecule has 0 aliphatic carbocycles. The Balaban J connectivity index is 1.38. The summed E-state index contributed by atoms with van der Waals surface area (Å²) in [6.07, 6.45) is 0. The molecule has 8 heteroatoms. The molecule has 2 heterocycles. The molecule has 6 nitrogen and oxygen atoms in total. The van der Waals surface area contributed by atoms with E-state index < -0.39 is 0 Å². The predicted molar refractivity (Wildman–Crippen MR) is 135 cm³/mol. The Kier molecular flexibility index (Phi) is 6.76. The summed E-state index contributed by atoms with van der Waals surface area (Å²) in [5.41, 5.74) is 4.66. The number of ether oxygens (including phenoxy) is 2. The fourth-order valence-corrected chi connectivity index (χ4v) is 5.16. The monoisotopic (exact) mass is 492 g/mol. The van der Waals surface area contributed by atoms with Crippen molar-refractivity contribution in [2.45, 2.75) is 30.9 Å². The van der Waals surface area contributed by atoms with Gasteiger partial charge in [0.2, 0.25) is 6.79 Å². The van der Waals surface area contributed by atoms with Crippen LogP contribution in [0.3, 0.4) is 0 Å². The molecule has 0 atom stereocenters. The maximum Gasteiger partial charge on any atom is 0.231 e. The second kappa shape index (κ2) is 10.1. The van der Waals surface area contributed by atoms with Gasteiger partial charge in [-0.05, 0) is 61.0 Å². The molecule has 0 bridgehead atoms. The van der Waals surface area contributed by atoms with Gasteiger partial charge in [-0.15, -0.1) is 10.2 Å². The van der Waals surface area contributed by atoms with Crippen molar-refractivity contribution in [1.29, 1.82) is 0 Å². The number of nitrogens with zero attached hydrogens (tertiary/aromatic N) is 4. The van der Waals surface area contributed by atoms with Crippen molar-refractivity contribution in [1.82, 2.24) is 19.7 Å². The zero-order valence-electron chi connectivity index (χ0n) is 19.1. The van der Waals surface area contributed by atoms with Crippen LogP contribution in [0.4, 0.5) is 0 Å². The Labute approximate surface area is 208 Å². The topological polar surface area (TPSA) is 52.4 Å². The molecular formula is C26H25ClN4O2S. The molecule has 0 spiro atoms. The number of benzene rings is 3. The van der Waals surface area contributed by atoms with E-state index in [1.807, 2.05) is 36.4 Å². The highest BCUT2D eigenvalue weighted by Crippen LogP contribution is 2.33. The Morgan fingerprint density at radius 3 is 2.68 bits per heavy atom. The fraction of sp³-hybridized carbons (Fsp3) is 0.231. The van der Waals surface area contributed by atoms with Gasteiger partial charge in [0, 0.05) is 17.3 Å². The molecule has 34 heavy (non-hydrogen) atoms. The van der Waals surface area contributed by atoms with Gasteiger partial charge in [-0.25, -0.2) is 0 Å². The number of thioether (sulfide) groups is 1. The predicted octanol–water partition coefficient (Wildman–Crippen LogP) is 5.88. The van der Waals surface area contributed by atoms with Gasteiger partial charge in [0.05, 0.1) is 12.2 Å². The number of aryl methyl sites for hydroxylation is 1. The lowest BCUT2D eigenvalue weighted by molar-refractivity contribution is 0.174. The molecule has 1 aliphatic rings. The summed E-state index contributed by atoms with van der Waals surface area (Å²) in [5.74, 6) is 3.27. The maximum absolute atomic E-state index is 6.33. The summed E-state index contributed by atoms with van der Waals surface area (Å²) in [6.45, 7) is 3.78. The second-order valence-corrected chi connectivity index (χ2v) is 9.67. The number of fused-ring (bicyclic) bond motifs is 1. The minimum absolute atomic E-state index is 0.278. The Morgan fingerprint density at radius 1 is 0.971 bits per heavy atom. The number of hydrogen-bond donors (Lipinski definition) is 0. The fourth-order valence-electron chi connectivity index (χ4n) is 3.93. The number of hydrogen-bond acceptors (Lipinski definition) is 6. The smallest absolute Gasteiger partial charge is 0.231 e. The average molecular weight is 493 g/mol. The highest BCUT2D eigenvalue weighted by molar-refractivity contribution is 7.98. The molecule has 0 unspecified atom stereocenters.